The second kappa shape index (κ2) is 5.45. The average molecular weight is 348 g/mol. The van der Waals surface area contributed by atoms with E-state index < -0.39 is 28.4 Å². The molecule has 2 heterocycles. The molecule has 2 aromatic rings. The Morgan fingerprint density at radius 3 is 2.50 bits per heavy atom. The predicted molar refractivity (Wildman–Crippen MR) is 86.0 cm³/mol. The zero-order valence-electron chi connectivity index (χ0n) is 13.4. The molecule has 9 heteroatoms. The minimum Gasteiger partial charge on any atom is -0.321 e. The predicted octanol–water partition coefficient (Wildman–Crippen LogP) is 0.820. The number of hydrogen-bond donors (Lipinski definition) is 1. The first kappa shape index (κ1) is 16.2. The lowest BCUT2D eigenvalue weighted by Gasteiger charge is -2.14. The summed E-state index contributed by atoms with van der Waals surface area (Å²) in [4.78, 5) is 24.5. The summed E-state index contributed by atoms with van der Waals surface area (Å²) in [6.07, 6.45) is 0. The van der Waals surface area contributed by atoms with Gasteiger partial charge in [-0.15, -0.1) is 0 Å². The molecule has 0 aliphatic carbocycles. The highest BCUT2D eigenvalue weighted by atomic mass is 32.2. The molecule has 0 atom stereocenters. The van der Waals surface area contributed by atoms with Crippen LogP contribution in [0, 0.1) is 13.8 Å². The number of aromatic nitrogens is 2. The number of hydrogen-bond acceptors (Lipinski definition) is 5. The number of benzene rings is 1. The molecule has 0 fully saturated rings. The van der Waals surface area contributed by atoms with Crippen molar-refractivity contribution in [2.45, 2.75) is 18.7 Å². The number of carbonyl (C=O) groups excluding carboxylic acids is 2. The van der Waals surface area contributed by atoms with Crippen molar-refractivity contribution in [3.8, 4) is 0 Å². The molecular formula is C15H16N4O4S. The van der Waals surface area contributed by atoms with Crippen LogP contribution in [0.2, 0.25) is 0 Å². The fourth-order valence-electron chi connectivity index (χ4n) is 2.65. The highest BCUT2D eigenvalue weighted by molar-refractivity contribution is 7.90. The van der Waals surface area contributed by atoms with Crippen molar-refractivity contribution in [2.24, 2.45) is 7.05 Å². The SMILES string of the molecule is Cc1nn(C)c(C)c1NC(=O)CN1C(=O)c2ccccc2S1(=O)=O. The maximum absolute atomic E-state index is 12.4. The van der Waals surface area contributed by atoms with E-state index in [4.69, 9.17) is 0 Å². The van der Waals surface area contributed by atoms with Gasteiger partial charge in [-0.25, -0.2) is 12.7 Å². The fraction of sp³-hybridized carbons (Fsp3) is 0.267. The maximum Gasteiger partial charge on any atom is 0.269 e. The molecule has 126 valence electrons. The number of rotatable bonds is 3. The van der Waals surface area contributed by atoms with Crippen molar-refractivity contribution in [3.63, 3.8) is 0 Å². The molecule has 0 saturated heterocycles. The van der Waals surface area contributed by atoms with Crippen molar-refractivity contribution in [3.05, 3.63) is 41.2 Å². The van der Waals surface area contributed by atoms with Crippen molar-refractivity contribution >= 4 is 27.5 Å². The molecule has 1 aliphatic heterocycles. The first-order valence-corrected chi connectivity index (χ1v) is 8.63. The third-order valence-corrected chi connectivity index (χ3v) is 5.76. The lowest BCUT2D eigenvalue weighted by molar-refractivity contribution is -0.116. The Morgan fingerprint density at radius 1 is 1.25 bits per heavy atom. The van der Waals surface area contributed by atoms with Gasteiger partial charge in [-0.1, -0.05) is 12.1 Å². The van der Waals surface area contributed by atoms with E-state index in [1.807, 2.05) is 0 Å². The largest absolute Gasteiger partial charge is 0.321 e. The Morgan fingerprint density at radius 2 is 1.92 bits per heavy atom. The van der Waals surface area contributed by atoms with Gasteiger partial charge in [0.1, 0.15) is 11.4 Å². The summed E-state index contributed by atoms with van der Waals surface area (Å²) in [6.45, 7) is 2.93. The average Bonchev–Trinajstić information content (AvgIpc) is 2.88. The van der Waals surface area contributed by atoms with Gasteiger partial charge in [-0.2, -0.15) is 5.10 Å². The van der Waals surface area contributed by atoms with Crippen LogP contribution in [0.1, 0.15) is 21.7 Å². The molecule has 8 nitrogen and oxygen atoms in total. The number of carbonyl (C=O) groups is 2. The van der Waals surface area contributed by atoms with Crippen LogP contribution in [-0.2, 0) is 21.9 Å². The summed E-state index contributed by atoms with van der Waals surface area (Å²) >= 11 is 0. The number of anilines is 1. The van der Waals surface area contributed by atoms with Crippen LogP contribution in [0.15, 0.2) is 29.2 Å². The Bertz CT molecular complexity index is 962. The first-order valence-electron chi connectivity index (χ1n) is 7.19. The summed E-state index contributed by atoms with van der Waals surface area (Å²) < 4.78 is 27.1. The smallest absolute Gasteiger partial charge is 0.269 e. The number of amides is 2. The third-order valence-electron chi connectivity index (χ3n) is 3.97. The standard InChI is InChI=1S/C15H16N4O4S/c1-9-14(10(2)18(3)17-9)16-13(20)8-19-15(21)11-6-4-5-7-12(11)24(19,22)23/h4-7H,8H2,1-3H3,(H,16,20). The second-order valence-electron chi connectivity index (χ2n) is 5.53. The molecule has 0 unspecified atom stereocenters. The topological polar surface area (TPSA) is 101 Å². The molecule has 3 rings (SSSR count). The van der Waals surface area contributed by atoms with Gasteiger partial charge in [0.2, 0.25) is 5.91 Å². The van der Waals surface area contributed by atoms with E-state index in [-0.39, 0.29) is 10.5 Å². The number of fused-ring (bicyclic) bond motifs is 1. The highest BCUT2D eigenvalue weighted by Gasteiger charge is 2.41. The van der Waals surface area contributed by atoms with Gasteiger partial charge in [0.15, 0.2) is 0 Å². The van der Waals surface area contributed by atoms with E-state index in [0.29, 0.717) is 15.7 Å². The van der Waals surface area contributed by atoms with Crippen molar-refractivity contribution in [2.75, 3.05) is 11.9 Å². The summed E-state index contributed by atoms with van der Waals surface area (Å²) in [7, 11) is -2.26. The Kier molecular flexibility index (Phi) is 3.67. The van der Waals surface area contributed by atoms with Crippen LogP contribution in [0.5, 0.6) is 0 Å². The van der Waals surface area contributed by atoms with E-state index in [1.165, 1.54) is 18.2 Å². The summed E-state index contributed by atoms with van der Waals surface area (Å²) in [5.41, 5.74) is 1.95. The van der Waals surface area contributed by atoms with Crippen LogP contribution < -0.4 is 5.32 Å². The van der Waals surface area contributed by atoms with Gasteiger partial charge in [-0.3, -0.25) is 14.3 Å². The van der Waals surface area contributed by atoms with Gasteiger partial charge in [0, 0.05) is 7.05 Å². The fourth-order valence-corrected chi connectivity index (χ4v) is 4.18. The minimum atomic E-state index is -4.00. The van der Waals surface area contributed by atoms with Gasteiger partial charge < -0.3 is 5.32 Å². The Labute approximate surface area is 139 Å². The third kappa shape index (κ3) is 2.37. The molecule has 1 aromatic heterocycles. The van der Waals surface area contributed by atoms with Gasteiger partial charge in [0.05, 0.1) is 22.6 Å². The first-order chi connectivity index (χ1) is 11.2. The molecule has 1 N–H and O–H groups in total. The Balaban J connectivity index is 1.84. The second-order valence-corrected chi connectivity index (χ2v) is 7.36. The van der Waals surface area contributed by atoms with E-state index in [1.54, 1.807) is 31.6 Å². The summed E-state index contributed by atoms with van der Waals surface area (Å²) in [5, 5.41) is 6.81. The number of nitrogens with one attached hydrogen (secondary N) is 1. The van der Waals surface area contributed by atoms with E-state index in [9.17, 15) is 18.0 Å². The number of nitrogens with zero attached hydrogens (tertiary/aromatic N) is 3. The monoisotopic (exact) mass is 348 g/mol. The normalized spacial score (nSPS) is 15.5. The molecule has 0 bridgehead atoms. The molecule has 0 saturated carbocycles. The summed E-state index contributed by atoms with van der Waals surface area (Å²) in [5.74, 6) is -1.29. The maximum atomic E-state index is 12.4. The van der Waals surface area contributed by atoms with Gasteiger partial charge >= 0.3 is 0 Å². The molecular weight excluding hydrogens is 332 g/mol. The Hall–Kier alpha value is -2.68. The lowest BCUT2D eigenvalue weighted by atomic mass is 10.2. The number of aryl methyl sites for hydroxylation is 2. The molecule has 2 amide bonds. The quantitative estimate of drug-likeness (QED) is 0.885. The van der Waals surface area contributed by atoms with Crippen molar-refractivity contribution in [1.82, 2.24) is 14.1 Å². The van der Waals surface area contributed by atoms with Crippen LogP contribution in [0.3, 0.4) is 0 Å². The van der Waals surface area contributed by atoms with Crippen LogP contribution in [-0.4, -0.2) is 40.9 Å². The van der Waals surface area contributed by atoms with Crippen molar-refractivity contribution in [1.29, 1.82) is 0 Å². The molecule has 0 spiro atoms. The zero-order chi connectivity index (χ0) is 17.6. The van der Waals surface area contributed by atoms with Crippen molar-refractivity contribution < 1.29 is 18.0 Å². The molecule has 1 aliphatic rings. The molecule has 24 heavy (non-hydrogen) atoms. The van der Waals surface area contributed by atoms with Crippen LogP contribution >= 0.6 is 0 Å². The highest BCUT2D eigenvalue weighted by Crippen LogP contribution is 2.29. The van der Waals surface area contributed by atoms with E-state index in [2.05, 4.69) is 10.4 Å². The minimum absolute atomic E-state index is 0.0726. The summed E-state index contributed by atoms with van der Waals surface area (Å²) in [6, 6.07) is 5.91. The molecule has 1 aromatic carbocycles. The van der Waals surface area contributed by atoms with Crippen LogP contribution in [0.25, 0.3) is 0 Å². The van der Waals surface area contributed by atoms with E-state index >= 15 is 0 Å². The van der Waals surface area contributed by atoms with Gasteiger partial charge in [-0.05, 0) is 26.0 Å². The van der Waals surface area contributed by atoms with E-state index in [0.717, 1.165) is 5.69 Å². The number of sulfonamides is 1. The molecule has 0 radical (unpaired) electrons. The van der Waals surface area contributed by atoms with Crippen LogP contribution in [0.4, 0.5) is 5.69 Å². The zero-order valence-corrected chi connectivity index (χ0v) is 14.2. The van der Waals surface area contributed by atoms with Gasteiger partial charge in [0.25, 0.3) is 15.9 Å². The lowest BCUT2D eigenvalue weighted by Crippen LogP contribution is -2.37.